The predicted molar refractivity (Wildman–Crippen MR) is 80.5 cm³/mol. The Labute approximate surface area is 125 Å². The van der Waals surface area contributed by atoms with Crippen molar-refractivity contribution in [3.63, 3.8) is 0 Å². The lowest BCUT2D eigenvalue weighted by Gasteiger charge is -2.12. The minimum Gasteiger partial charge on any atom is -0.398 e. The molecular weight excluding hydrogens is 347 g/mol. The number of benzene rings is 2. The van der Waals surface area contributed by atoms with Crippen LogP contribution in [0.2, 0.25) is 0 Å². The standard InChI is InChI=1S/C13H12BrFN2O2S/c1-8-11(16)3-2-4-13(8)20(18,19)17-12-7-9(14)5-6-10(12)15/h2-7,17H,16H2,1H3. The van der Waals surface area contributed by atoms with Gasteiger partial charge in [0.15, 0.2) is 0 Å². The Morgan fingerprint density at radius 2 is 1.95 bits per heavy atom. The van der Waals surface area contributed by atoms with E-state index in [1.165, 1.54) is 30.3 Å². The highest BCUT2D eigenvalue weighted by atomic mass is 79.9. The van der Waals surface area contributed by atoms with Crippen LogP contribution < -0.4 is 10.5 Å². The van der Waals surface area contributed by atoms with Gasteiger partial charge in [-0.2, -0.15) is 0 Å². The minimum atomic E-state index is -3.90. The van der Waals surface area contributed by atoms with Gasteiger partial charge in [0, 0.05) is 10.2 Å². The van der Waals surface area contributed by atoms with Gasteiger partial charge >= 0.3 is 0 Å². The summed E-state index contributed by atoms with van der Waals surface area (Å²) in [4.78, 5) is 0.0249. The van der Waals surface area contributed by atoms with E-state index in [0.717, 1.165) is 0 Å². The van der Waals surface area contributed by atoms with Crippen molar-refractivity contribution in [2.24, 2.45) is 0 Å². The Balaban J connectivity index is 2.46. The molecule has 7 heteroatoms. The van der Waals surface area contributed by atoms with Gasteiger partial charge in [0.1, 0.15) is 5.82 Å². The summed E-state index contributed by atoms with van der Waals surface area (Å²) in [5, 5.41) is 0. The second-order valence-corrected chi connectivity index (χ2v) is 6.77. The maximum absolute atomic E-state index is 13.6. The molecule has 0 unspecified atom stereocenters. The summed E-state index contributed by atoms with van der Waals surface area (Å²) in [5.74, 6) is -0.654. The van der Waals surface area contributed by atoms with E-state index in [4.69, 9.17) is 5.73 Å². The molecule has 0 heterocycles. The Kier molecular flexibility index (Phi) is 4.01. The number of nitrogens with one attached hydrogen (secondary N) is 1. The van der Waals surface area contributed by atoms with Crippen molar-refractivity contribution in [3.05, 3.63) is 52.3 Å². The number of hydrogen-bond donors (Lipinski definition) is 2. The van der Waals surface area contributed by atoms with Gasteiger partial charge in [0.05, 0.1) is 10.6 Å². The van der Waals surface area contributed by atoms with Crippen molar-refractivity contribution in [2.45, 2.75) is 11.8 Å². The third kappa shape index (κ3) is 2.94. The van der Waals surface area contributed by atoms with E-state index in [-0.39, 0.29) is 10.6 Å². The van der Waals surface area contributed by atoms with Crippen molar-refractivity contribution in [3.8, 4) is 0 Å². The van der Waals surface area contributed by atoms with E-state index < -0.39 is 15.8 Å². The molecule has 0 saturated carbocycles. The first-order valence-corrected chi connectivity index (χ1v) is 7.92. The van der Waals surface area contributed by atoms with Crippen LogP contribution in [0.25, 0.3) is 0 Å². The molecule has 20 heavy (non-hydrogen) atoms. The molecule has 2 aromatic carbocycles. The molecule has 0 fully saturated rings. The van der Waals surface area contributed by atoms with Crippen LogP contribution in [0.15, 0.2) is 45.8 Å². The molecule has 0 radical (unpaired) electrons. The molecular formula is C13H12BrFN2O2S. The van der Waals surface area contributed by atoms with Crippen LogP contribution in [0.4, 0.5) is 15.8 Å². The van der Waals surface area contributed by atoms with Crippen molar-refractivity contribution >= 4 is 37.3 Å². The SMILES string of the molecule is Cc1c(N)cccc1S(=O)(=O)Nc1cc(Br)ccc1F. The Hall–Kier alpha value is -1.60. The predicted octanol–water partition coefficient (Wildman–Crippen LogP) is 3.28. The second kappa shape index (κ2) is 5.41. The summed E-state index contributed by atoms with van der Waals surface area (Å²) >= 11 is 3.16. The van der Waals surface area contributed by atoms with Crippen molar-refractivity contribution in [1.82, 2.24) is 0 Å². The van der Waals surface area contributed by atoms with Crippen LogP contribution in [0.5, 0.6) is 0 Å². The van der Waals surface area contributed by atoms with Crippen LogP contribution in [-0.2, 0) is 10.0 Å². The minimum absolute atomic E-state index is 0.0249. The molecule has 2 aromatic rings. The first-order valence-electron chi connectivity index (χ1n) is 5.64. The Morgan fingerprint density at radius 3 is 2.65 bits per heavy atom. The number of anilines is 2. The highest BCUT2D eigenvalue weighted by molar-refractivity contribution is 9.10. The van der Waals surface area contributed by atoms with Crippen LogP contribution >= 0.6 is 15.9 Å². The molecule has 0 aliphatic heterocycles. The molecule has 0 aromatic heterocycles. The fraction of sp³-hybridized carbons (Fsp3) is 0.0769. The van der Waals surface area contributed by atoms with Gasteiger partial charge in [-0.25, -0.2) is 12.8 Å². The average Bonchev–Trinajstić information content (AvgIpc) is 2.36. The van der Waals surface area contributed by atoms with Gasteiger partial charge in [-0.3, -0.25) is 4.72 Å². The largest absolute Gasteiger partial charge is 0.398 e. The van der Waals surface area contributed by atoms with Crippen molar-refractivity contribution in [2.75, 3.05) is 10.5 Å². The van der Waals surface area contributed by atoms with E-state index in [9.17, 15) is 12.8 Å². The highest BCUT2D eigenvalue weighted by Gasteiger charge is 2.19. The van der Waals surface area contributed by atoms with Gasteiger partial charge in [-0.05, 0) is 42.8 Å². The molecule has 0 spiro atoms. The monoisotopic (exact) mass is 358 g/mol. The van der Waals surface area contributed by atoms with Gasteiger partial charge in [-0.1, -0.05) is 22.0 Å². The quantitative estimate of drug-likeness (QED) is 0.827. The van der Waals surface area contributed by atoms with Gasteiger partial charge < -0.3 is 5.73 Å². The molecule has 0 aliphatic rings. The zero-order chi connectivity index (χ0) is 14.9. The first kappa shape index (κ1) is 14.8. The average molecular weight is 359 g/mol. The van der Waals surface area contributed by atoms with Gasteiger partial charge in [0.2, 0.25) is 0 Å². The molecule has 3 N–H and O–H groups in total. The lowest BCUT2D eigenvalue weighted by Crippen LogP contribution is -2.15. The summed E-state index contributed by atoms with van der Waals surface area (Å²) in [6.45, 7) is 1.60. The summed E-state index contributed by atoms with van der Waals surface area (Å²) in [6, 6.07) is 8.58. The van der Waals surface area contributed by atoms with Crippen LogP contribution in [-0.4, -0.2) is 8.42 Å². The maximum atomic E-state index is 13.6. The number of halogens is 2. The van der Waals surface area contributed by atoms with Crippen LogP contribution in [0.3, 0.4) is 0 Å². The molecule has 0 bridgehead atoms. The molecule has 106 valence electrons. The summed E-state index contributed by atoms with van der Waals surface area (Å²) in [6.07, 6.45) is 0. The molecule has 0 aliphatic carbocycles. The fourth-order valence-corrected chi connectivity index (χ4v) is 3.39. The Bertz CT molecular complexity index is 763. The topological polar surface area (TPSA) is 72.2 Å². The van der Waals surface area contributed by atoms with Crippen LogP contribution in [0, 0.1) is 12.7 Å². The number of nitrogen functional groups attached to an aromatic ring is 1. The molecule has 4 nitrogen and oxygen atoms in total. The van der Waals surface area contributed by atoms with Gasteiger partial charge in [0.25, 0.3) is 10.0 Å². The molecule has 0 atom stereocenters. The zero-order valence-corrected chi connectivity index (χ0v) is 12.9. The zero-order valence-electron chi connectivity index (χ0n) is 10.5. The number of rotatable bonds is 3. The number of sulfonamides is 1. The fourth-order valence-electron chi connectivity index (χ4n) is 1.70. The number of nitrogens with two attached hydrogens (primary N) is 1. The molecule has 0 amide bonds. The first-order chi connectivity index (χ1) is 9.31. The lowest BCUT2D eigenvalue weighted by atomic mass is 10.2. The van der Waals surface area contributed by atoms with E-state index in [0.29, 0.717) is 15.7 Å². The number of hydrogen-bond acceptors (Lipinski definition) is 3. The summed E-state index contributed by atoms with van der Waals surface area (Å²) < 4.78 is 41.0. The van der Waals surface area contributed by atoms with E-state index in [1.807, 2.05) is 0 Å². The van der Waals surface area contributed by atoms with E-state index >= 15 is 0 Å². The van der Waals surface area contributed by atoms with Crippen molar-refractivity contribution in [1.29, 1.82) is 0 Å². The lowest BCUT2D eigenvalue weighted by molar-refractivity contribution is 0.598. The third-order valence-electron chi connectivity index (χ3n) is 2.79. The highest BCUT2D eigenvalue weighted by Crippen LogP contribution is 2.26. The van der Waals surface area contributed by atoms with Crippen molar-refractivity contribution < 1.29 is 12.8 Å². The third-order valence-corrected chi connectivity index (χ3v) is 4.79. The summed E-state index contributed by atoms with van der Waals surface area (Å²) in [5.41, 5.74) is 6.36. The maximum Gasteiger partial charge on any atom is 0.262 e. The van der Waals surface area contributed by atoms with E-state index in [2.05, 4.69) is 20.7 Å². The smallest absolute Gasteiger partial charge is 0.262 e. The second-order valence-electron chi connectivity index (χ2n) is 4.20. The van der Waals surface area contributed by atoms with Gasteiger partial charge in [-0.15, -0.1) is 0 Å². The van der Waals surface area contributed by atoms with E-state index in [1.54, 1.807) is 13.0 Å². The normalized spacial score (nSPS) is 11.3. The molecule has 2 rings (SSSR count). The molecule has 0 saturated heterocycles. The Morgan fingerprint density at radius 1 is 1.25 bits per heavy atom. The summed E-state index contributed by atoms with van der Waals surface area (Å²) in [7, 11) is -3.90. The van der Waals surface area contributed by atoms with Crippen LogP contribution in [0.1, 0.15) is 5.56 Å².